The van der Waals surface area contributed by atoms with Crippen molar-refractivity contribution in [2.45, 2.75) is 18.9 Å². The van der Waals surface area contributed by atoms with Crippen molar-refractivity contribution in [3.63, 3.8) is 0 Å². The van der Waals surface area contributed by atoms with E-state index in [1.165, 1.54) is 13.2 Å². The largest absolute Gasteiger partial charge is 0.495 e. The molecule has 0 bridgehead atoms. The summed E-state index contributed by atoms with van der Waals surface area (Å²) in [6.07, 6.45) is -0.689. The molecule has 0 amide bonds. The van der Waals surface area contributed by atoms with E-state index in [0.29, 0.717) is 21.1 Å². The number of alkyl halides is 1. The minimum atomic E-state index is -0.727. The first-order valence-electron chi connectivity index (χ1n) is 5.59. The zero-order chi connectivity index (χ0) is 15.3. The maximum absolute atomic E-state index is 11.1. The molecular formula is C12H12Br2N2O4. The maximum Gasteiger partial charge on any atom is 0.275 e. The fourth-order valence-electron chi connectivity index (χ4n) is 1.87. The Morgan fingerprint density at radius 3 is 2.70 bits per heavy atom. The van der Waals surface area contributed by atoms with Crippen LogP contribution >= 0.6 is 31.9 Å². The summed E-state index contributed by atoms with van der Waals surface area (Å²) in [4.78, 5) is 10.6. The Bertz CT molecular complexity index is 557. The smallest absolute Gasteiger partial charge is 0.275 e. The molecule has 0 aliphatic carbocycles. The summed E-state index contributed by atoms with van der Waals surface area (Å²) in [6, 6.07) is 3.23. The summed E-state index contributed by atoms with van der Waals surface area (Å²) < 4.78 is 5.66. The van der Waals surface area contributed by atoms with Gasteiger partial charge in [0.25, 0.3) is 5.69 Å². The summed E-state index contributed by atoms with van der Waals surface area (Å²) in [5.74, 6) is 0.404. The molecule has 0 aliphatic heterocycles. The van der Waals surface area contributed by atoms with Gasteiger partial charge in [-0.3, -0.25) is 10.1 Å². The van der Waals surface area contributed by atoms with Gasteiger partial charge in [0.15, 0.2) is 0 Å². The van der Waals surface area contributed by atoms with Gasteiger partial charge in [-0.1, -0.05) is 15.9 Å². The van der Waals surface area contributed by atoms with Crippen LogP contribution in [0.15, 0.2) is 10.5 Å². The number of hydrogen-bond donors (Lipinski definition) is 1. The number of methoxy groups -OCH3 is 1. The Morgan fingerprint density at radius 1 is 1.60 bits per heavy atom. The Kier molecular flexibility index (Phi) is 6.39. The second kappa shape index (κ2) is 7.57. The second-order valence-electron chi connectivity index (χ2n) is 3.97. The molecule has 1 aromatic carbocycles. The minimum absolute atomic E-state index is 0.121. The highest BCUT2D eigenvalue weighted by atomic mass is 79.9. The number of rotatable bonds is 6. The highest BCUT2D eigenvalue weighted by Gasteiger charge is 2.25. The van der Waals surface area contributed by atoms with E-state index in [4.69, 9.17) is 10.00 Å². The van der Waals surface area contributed by atoms with Gasteiger partial charge in [-0.25, -0.2) is 0 Å². The quantitative estimate of drug-likeness (QED) is 0.444. The zero-order valence-electron chi connectivity index (χ0n) is 10.6. The number of nitriles is 1. The van der Waals surface area contributed by atoms with Gasteiger partial charge in [-0.05, 0) is 15.9 Å². The number of nitro groups is 1. The minimum Gasteiger partial charge on any atom is -0.495 e. The van der Waals surface area contributed by atoms with E-state index in [-0.39, 0.29) is 24.1 Å². The van der Waals surface area contributed by atoms with Gasteiger partial charge in [0.1, 0.15) is 5.75 Å². The molecule has 0 fully saturated rings. The van der Waals surface area contributed by atoms with Crippen molar-refractivity contribution in [1.29, 1.82) is 5.26 Å². The number of nitrogens with zero attached hydrogens (tertiary/aromatic N) is 2. The van der Waals surface area contributed by atoms with Crippen LogP contribution in [0.2, 0.25) is 0 Å². The first-order chi connectivity index (χ1) is 9.46. The fraction of sp³-hybridized carbons (Fsp3) is 0.417. The standard InChI is InChI=1S/C12H12Br2N2O4/c1-20-12-9(4-7(17)6-13)8(2-3-15)11(16(18)19)5-10(12)14/h5,7,17H,2,4,6H2,1H3. The third-order valence-corrected chi connectivity index (χ3v) is 4.04. The van der Waals surface area contributed by atoms with Crippen molar-refractivity contribution in [3.05, 3.63) is 31.8 Å². The van der Waals surface area contributed by atoms with Gasteiger partial charge in [0.2, 0.25) is 0 Å². The number of aliphatic hydroxyl groups excluding tert-OH is 1. The van der Waals surface area contributed by atoms with E-state index in [0.717, 1.165) is 0 Å². The molecule has 1 aromatic rings. The van der Waals surface area contributed by atoms with Gasteiger partial charge >= 0.3 is 0 Å². The monoisotopic (exact) mass is 406 g/mol. The Balaban J connectivity index is 3.54. The van der Waals surface area contributed by atoms with Gasteiger partial charge in [-0.2, -0.15) is 5.26 Å². The highest BCUT2D eigenvalue weighted by Crippen LogP contribution is 2.38. The molecule has 20 heavy (non-hydrogen) atoms. The van der Waals surface area contributed by atoms with Crippen LogP contribution in [0.4, 0.5) is 5.69 Å². The summed E-state index contributed by atoms with van der Waals surface area (Å²) in [5, 5.41) is 30.1. The van der Waals surface area contributed by atoms with Crippen LogP contribution in [-0.4, -0.2) is 28.6 Å². The molecule has 0 radical (unpaired) electrons. The molecule has 0 spiro atoms. The highest BCUT2D eigenvalue weighted by molar-refractivity contribution is 9.10. The third kappa shape index (κ3) is 3.69. The molecule has 1 N–H and O–H groups in total. The van der Waals surface area contributed by atoms with Crippen LogP contribution in [0, 0.1) is 21.4 Å². The lowest BCUT2D eigenvalue weighted by Crippen LogP contribution is -2.15. The second-order valence-corrected chi connectivity index (χ2v) is 5.47. The maximum atomic E-state index is 11.1. The predicted octanol–water partition coefficient (Wildman–Crippen LogP) is 2.73. The molecule has 108 valence electrons. The molecule has 1 rings (SSSR count). The molecule has 8 heteroatoms. The molecule has 0 heterocycles. The molecule has 1 unspecified atom stereocenters. The van der Waals surface area contributed by atoms with E-state index in [1.807, 2.05) is 6.07 Å². The summed E-state index contributed by atoms with van der Waals surface area (Å²) >= 11 is 6.36. The number of benzene rings is 1. The molecule has 0 aromatic heterocycles. The van der Waals surface area contributed by atoms with Crippen molar-refractivity contribution in [2.75, 3.05) is 12.4 Å². The average molecular weight is 408 g/mol. The SMILES string of the molecule is COc1c(Br)cc([N+](=O)[O-])c(CC#N)c1CC(O)CBr. The first kappa shape index (κ1) is 16.9. The number of ether oxygens (including phenoxy) is 1. The molecule has 0 saturated carbocycles. The summed E-state index contributed by atoms with van der Waals surface area (Å²) in [6.45, 7) is 0. The van der Waals surface area contributed by atoms with Crippen molar-refractivity contribution in [2.24, 2.45) is 0 Å². The van der Waals surface area contributed by atoms with Gasteiger partial charge < -0.3 is 9.84 Å². The van der Waals surface area contributed by atoms with Crippen molar-refractivity contribution in [1.82, 2.24) is 0 Å². The van der Waals surface area contributed by atoms with E-state index in [1.54, 1.807) is 0 Å². The van der Waals surface area contributed by atoms with E-state index < -0.39 is 11.0 Å². The van der Waals surface area contributed by atoms with Gasteiger partial charge in [0.05, 0.1) is 40.7 Å². The van der Waals surface area contributed by atoms with Crippen LogP contribution in [0.1, 0.15) is 11.1 Å². The average Bonchev–Trinajstić information content (AvgIpc) is 2.41. The normalized spacial score (nSPS) is 11.8. The zero-order valence-corrected chi connectivity index (χ0v) is 13.8. The third-order valence-electron chi connectivity index (χ3n) is 2.70. The van der Waals surface area contributed by atoms with Crippen LogP contribution in [0.5, 0.6) is 5.75 Å². The van der Waals surface area contributed by atoms with Crippen molar-refractivity contribution in [3.8, 4) is 11.8 Å². The topological polar surface area (TPSA) is 96.4 Å². The van der Waals surface area contributed by atoms with E-state index in [9.17, 15) is 15.2 Å². The number of halogens is 2. The Labute approximate surface area is 132 Å². The lowest BCUT2D eigenvalue weighted by Gasteiger charge is -2.16. The Morgan fingerprint density at radius 2 is 2.25 bits per heavy atom. The lowest BCUT2D eigenvalue weighted by atomic mass is 9.97. The lowest BCUT2D eigenvalue weighted by molar-refractivity contribution is -0.385. The first-order valence-corrected chi connectivity index (χ1v) is 7.51. The van der Waals surface area contributed by atoms with E-state index in [2.05, 4.69) is 31.9 Å². The number of aliphatic hydroxyl groups is 1. The molecule has 1 atom stereocenters. The molecule has 0 saturated heterocycles. The molecular weight excluding hydrogens is 396 g/mol. The Hall–Kier alpha value is -1.17. The van der Waals surface area contributed by atoms with Crippen LogP contribution in [0.25, 0.3) is 0 Å². The number of nitro benzene ring substituents is 1. The van der Waals surface area contributed by atoms with E-state index >= 15 is 0 Å². The fourth-order valence-corrected chi connectivity index (χ4v) is 2.72. The molecule has 0 aliphatic rings. The van der Waals surface area contributed by atoms with Crippen molar-refractivity contribution < 1.29 is 14.8 Å². The van der Waals surface area contributed by atoms with Crippen LogP contribution in [-0.2, 0) is 12.8 Å². The van der Waals surface area contributed by atoms with Gasteiger partial charge in [0, 0.05) is 23.4 Å². The van der Waals surface area contributed by atoms with Crippen LogP contribution in [0.3, 0.4) is 0 Å². The number of hydrogen-bond acceptors (Lipinski definition) is 5. The summed E-state index contributed by atoms with van der Waals surface area (Å²) in [5.41, 5.74) is 0.593. The van der Waals surface area contributed by atoms with Crippen LogP contribution < -0.4 is 4.74 Å². The molecule has 6 nitrogen and oxygen atoms in total. The van der Waals surface area contributed by atoms with Crippen molar-refractivity contribution >= 4 is 37.5 Å². The summed E-state index contributed by atoms with van der Waals surface area (Å²) in [7, 11) is 1.44. The predicted molar refractivity (Wildman–Crippen MR) is 80.2 cm³/mol. The van der Waals surface area contributed by atoms with Gasteiger partial charge in [-0.15, -0.1) is 0 Å².